The van der Waals surface area contributed by atoms with Crippen molar-refractivity contribution in [2.24, 2.45) is 0 Å². The van der Waals surface area contributed by atoms with E-state index in [1.165, 1.54) is 0 Å². The van der Waals surface area contributed by atoms with Crippen LogP contribution in [0.3, 0.4) is 0 Å². The Labute approximate surface area is 88.9 Å². The SMILES string of the molecule is COc1ccc(N(C)CCO)c(Cl)c1. The Morgan fingerprint density at radius 2 is 2.21 bits per heavy atom. The molecule has 0 saturated carbocycles. The summed E-state index contributed by atoms with van der Waals surface area (Å²) < 4.78 is 5.04. The van der Waals surface area contributed by atoms with Gasteiger partial charge in [-0.2, -0.15) is 0 Å². The molecule has 0 aromatic heterocycles. The summed E-state index contributed by atoms with van der Waals surface area (Å²) in [5.41, 5.74) is 0.890. The number of likely N-dealkylation sites (N-methyl/N-ethyl adjacent to an activating group) is 1. The summed E-state index contributed by atoms with van der Waals surface area (Å²) >= 11 is 6.04. The van der Waals surface area contributed by atoms with Crippen LogP contribution in [-0.4, -0.2) is 32.4 Å². The number of halogens is 1. The van der Waals surface area contributed by atoms with Gasteiger partial charge in [0.25, 0.3) is 0 Å². The van der Waals surface area contributed by atoms with Crippen molar-refractivity contribution in [2.45, 2.75) is 0 Å². The molecule has 1 aromatic rings. The highest BCUT2D eigenvalue weighted by atomic mass is 35.5. The summed E-state index contributed by atoms with van der Waals surface area (Å²) in [5.74, 6) is 0.733. The van der Waals surface area contributed by atoms with Crippen molar-refractivity contribution >= 4 is 17.3 Å². The van der Waals surface area contributed by atoms with Gasteiger partial charge in [0.15, 0.2) is 0 Å². The molecule has 3 nitrogen and oxygen atoms in total. The molecule has 0 spiro atoms. The minimum Gasteiger partial charge on any atom is -0.497 e. The van der Waals surface area contributed by atoms with Crippen LogP contribution in [0.1, 0.15) is 0 Å². The second-order valence-electron chi connectivity index (χ2n) is 2.96. The molecular weight excluding hydrogens is 202 g/mol. The van der Waals surface area contributed by atoms with Crippen LogP contribution in [0, 0.1) is 0 Å². The first-order chi connectivity index (χ1) is 6.69. The first kappa shape index (κ1) is 11.1. The Morgan fingerprint density at radius 1 is 1.50 bits per heavy atom. The summed E-state index contributed by atoms with van der Waals surface area (Å²) in [6, 6.07) is 5.47. The zero-order valence-corrected chi connectivity index (χ0v) is 9.08. The number of rotatable bonds is 4. The van der Waals surface area contributed by atoms with E-state index in [1.54, 1.807) is 13.2 Å². The Bertz CT molecular complexity index is 304. The number of aliphatic hydroxyl groups is 1. The predicted octanol–water partition coefficient (Wildman–Crippen LogP) is 1.78. The van der Waals surface area contributed by atoms with E-state index in [4.69, 9.17) is 21.4 Å². The lowest BCUT2D eigenvalue weighted by Gasteiger charge is -2.19. The highest BCUT2D eigenvalue weighted by Gasteiger charge is 2.06. The standard InChI is InChI=1S/C10H14ClNO2/c1-12(5-6-13)10-4-3-8(14-2)7-9(10)11/h3-4,7,13H,5-6H2,1-2H3. The maximum absolute atomic E-state index is 8.78. The lowest BCUT2D eigenvalue weighted by molar-refractivity contribution is 0.304. The number of anilines is 1. The minimum atomic E-state index is 0.110. The van der Waals surface area contributed by atoms with Crippen molar-refractivity contribution in [3.8, 4) is 5.75 Å². The molecule has 0 aliphatic carbocycles. The Kier molecular flexibility index (Phi) is 4.04. The predicted molar refractivity (Wildman–Crippen MR) is 58.4 cm³/mol. The van der Waals surface area contributed by atoms with E-state index in [2.05, 4.69) is 0 Å². The molecule has 0 atom stereocenters. The average Bonchev–Trinajstić information content (AvgIpc) is 2.17. The fourth-order valence-electron chi connectivity index (χ4n) is 1.19. The van der Waals surface area contributed by atoms with Crippen molar-refractivity contribution in [3.05, 3.63) is 23.2 Å². The Morgan fingerprint density at radius 3 is 2.71 bits per heavy atom. The first-order valence-electron chi connectivity index (χ1n) is 4.34. The van der Waals surface area contributed by atoms with Crippen LogP contribution in [-0.2, 0) is 0 Å². The Hall–Kier alpha value is -0.930. The molecule has 0 aliphatic heterocycles. The maximum Gasteiger partial charge on any atom is 0.120 e. The molecule has 1 rings (SSSR count). The molecule has 14 heavy (non-hydrogen) atoms. The number of hydrogen-bond acceptors (Lipinski definition) is 3. The van der Waals surface area contributed by atoms with E-state index in [-0.39, 0.29) is 6.61 Å². The van der Waals surface area contributed by atoms with Crippen molar-refractivity contribution in [1.29, 1.82) is 0 Å². The summed E-state index contributed by atoms with van der Waals surface area (Å²) in [6.07, 6.45) is 0. The smallest absolute Gasteiger partial charge is 0.120 e. The van der Waals surface area contributed by atoms with E-state index in [9.17, 15) is 0 Å². The lowest BCUT2D eigenvalue weighted by atomic mass is 10.3. The number of nitrogens with zero attached hydrogens (tertiary/aromatic N) is 1. The molecule has 0 bridgehead atoms. The highest BCUT2D eigenvalue weighted by molar-refractivity contribution is 6.33. The third kappa shape index (κ3) is 2.53. The summed E-state index contributed by atoms with van der Waals surface area (Å²) in [4.78, 5) is 1.89. The topological polar surface area (TPSA) is 32.7 Å². The summed E-state index contributed by atoms with van der Waals surface area (Å²) in [5, 5.41) is 9.41. The fourth-order valence-corrected chi connectivity index (χ4v) is 1.51. The second kappa shape index (κ2) is 5.08. The number of hydrogen-bond donors (Lipinski definition) is 1. The van der Waals surface area contributed by atoms with Gasteiger partial charge in [0, 0.05) is 19.7 Å². The molecule has 1 aromatic carbocycles. The van der Waals surface area contributed by atoms with Gasteiger partial charge in [-0.3, -0.25) is 0 Å². The van der Waals surface area contributed by atoms with E-state index in [0.717, 1.165) is 11.4 Å². The van der Waals surface area contributed by atoms with Crippen LogP contribution in [0.5, 0.6) is 5.75 Å². The van der Waals surface area contributed by atoms with Crippen molar-refractivity contribution in [2.75, 3.05) is 32.2 Å². The van der Waals surface area contributed by atoms with Gasteiger partial charge in [0.1, 0.15) is 5.75 Å². The lowest BCUT2D eigenvalue weighted by Crippen LogP contribution is -2.21. The van der Waals surface area contributed by atoms with Gasteiger partial charge in [-0.15, -0.1) is 0 Å². The third-order valence-electron chi connectivity index (χ3n) is 2.00. The van der Waals surface area contributed by atoms with Gasteiger partial charge in [-0.05, 0) is 12.1 Å². The number of benzene rings is 1. The van der Waals surface area contributed by atoms with Crippen molar-refractivity contribution < 1.29 is 9.84 Å². The number of ether oxygens (including phenoxy) is 1. The van der Waals surface area contributed by atoms with Crippen LogP contribution in [0.4, 0.5) is 5.69 Å². The summed E-state index contributed by atoms with van der Waals surface area (Å²) in [7, 11) is 3.48. The van der Waals surface area contributed by atoms with Gasteiger partial charge >= 0.3 is 0 Å². The quantitative estimate of drug-likeness (QED) is 0.831. The monoisotopic (exact) mass is 215 g/mol. The first-order valence-corrected chi connectivity index (χ1v) is 4.72. The molecule has 0 radical (unpaired) electrons. The molecule has 0 aliphatic rings. The van der Waals surface area contributed by atoms with Crippen molar-refractivity contribution in [3.63, 3.8) is 0 Å². The fraction of sp³-hybridized carbons (Fsp3) is 0.400. The molecule has 4 heteroatoms. The molecule has 0 heterocycles. The van der Waals surface area contributed by atoms with Crippen LogP contribution < -0.4 is 9.64 Å². The van der Waals surface area contributed by atoms with Gasteiger partial charge in [-0.1, -0.05) is 11.6 Å². The molecule has 78 valence electrons. The summed E-state index contributed by atoms with van der Waals surface area (Å²) in [6.45, 7) is 0.672. The molecule has 0 fully saturated rings. The molecule has 0 unspecified atom stereocenters. The number of aliphatic hydroxyl groups excluding tert-OH is 1. The Balaban J connectivity index is 2.88. The maximum atomic E-state index is 8.78. The van der Waals surface area contributed by atoms with E-state index < -0.39 is 0 Å². The van der Waals surface area contributed by atoms with Crippen LogP contribution in [0.25, 0.3) is 0 Å². The van der Waals surface area contributed by atoms with E-state index in [0.29, 0.717) is 11.6 Å². The van der Waals surface area contributed by atoms with E-state index >= 15 is 0 Å². The zero-order valence-electron chi connectivity index (χ0n) is 8.33. The van der Waals surface area contributed by atoms with Gasteiger partial charge in [0.2, 0.25) is 0 Å². The van der Waals surface area contributed by atoms with Gasteiger partial charge < -0.3 is 14.7 Å². The third-order valence-corrected chi connectivity index (χ3v) is 2.30. The molecular formula is C10H14ClNO2. The largest absolute Gasteiger partial charge is 0.497 e. The average molecular weight is 216 g/mol. The zero-order chi connectivity index (χ0) is 10.6. The minimum absolute atomic E-state index is 0.110. The van der Waals surface area contributed by atoms with Crippen LogP contribution in [0.2, 0.25) is 5.02 Å². The second-order valence-corrected chi connectivity index (χ2v) is 3.37. The van der Waals surface area contributed by atoms with Crippen molar-refractivity contribution in [1.82, 2.24) is 0 Å². The van der Waals surface area contributed by atoms with Gasteiger partial charge in [-0.25, -0.2) is 0 Å². The van der Waals surface area contributed by atoms with E-state index in [1.807, 2.05) is 24.1 Å². The van der Waals surface area contributed by atoms with Crippen LogP contribution in [0.15, 0.2) is 18.2 Å². The normalized spacial score (nSPS) is 10.0. The number of methoxy groups -OCH3 is 1. The molecule has 0 amide bonds. The molecule has 0 saturated heterocycles. The van der Waals surface area contributed by atoms with Gasteiger partial charge in [0.05, 0.1) is 24.4 Å². The highest BCUT2D eigenvalue weighted by Crippen LogP contribution is 2.28. The van der Waals surface area contributed by atoms with Crippen LogP contribution >= 0.6 is 11.6 Å². The molecule has 1 N–H and O–H groups in total.